The molecule has 1 unspecified atom stereocenters. The predicted molar refractivity (Wildman–Crippen MR) is 116 cm³/mol. The first-order valence-corrected chi connectivity index (χ1v) is 11.9. The molecule has 0 saturated heterocycles. The van der Waals surface area contributed by atoms with Crippen LogP contribution in [0.4, 0.5) is 0 Å². The molecule has 0 saturated carbocycles. The molecule has 28 heavy (non-hydrogen) atoms. The minimum absolute atomic E-state index is 0.0202. The lowest BCUT2D eigenvalue weighted by molar-refractivity contribution is -0.145. The van der Waals surface area contributed by atoms with Gasteiger partial charge in [0.25, 0.3) is 0 Å². The summed E-state index contributed by atoms with van der Waals surface area (Å²) in [6.45, 7) is 5.08. The fraction of sp³-hybridized carbons (Fsp3) is 0.917. The topological polar surface area (TPSA) is 52.6 Å². The summed E-state index contributed by atoms with van der Waals surface area (Å²) in [5.74, 6) is 0.412. The molecule has 0 spiro atoms. The molecule has 0 fully saturated rings. The molecule has 0 aromatic carbocycles. The highest BCUT2D eigenvalue weighted by Gasteiger charge is 2.11. The molecule has 0 N–H and O–H groups in total. The summed E-state index contributed by atoms with van der Waals surface area (Å²) in [5, 5.41) is 0. The van der Waals surface area contributed by atoms with Crippen molar-refractivity contribution in [3.05, 3.63) is 0 Å². The highest BCUT2D eigenvalue weighted by atomic mass is 16.5. The number of hydrogen-bond acceptors (Lipinski definition) is 4. The fourth-order valence-electron chi connectivity index (χ4n) is 3.47. The van der Waals surface area contributed by atoms with Gasteiger partial charge >= 0.3 is 11.9 Å². The second-order valence-corrected chi connectivity index (χ2v) is 8.09. The molecule has 0 aromatic heterocycles. The summed E-state index contributed by atoms with van der Waals surface area (Å²) < 4.78 is 10.2. The van der Waals surface area contributed by atoms with Crippen LogP contribution in [-0.4, -0.2) is 25.7 Å². The minimum Gasteiger partial charge on any atom is -0.469 e. The number of carbonyl (C=O) groups is 2. The molecule has 0 bridgehead atoms. The standard InChI is InChI=1S/C24H46O4/c1-4-6-8-14-18-22(17-7-5-2)21-28-24(26)20-16-13-11-9-10-12-15-19-23(25)27-3/h22H,4-21H2,1-3H3. The molecule has 0 aromatic rings. The van der Waals surface area contributed by atoms with Crippen LogP contribution < -0.4 is 0 Å². The van der Waals surface area contributed by atoms with Crippen LogP contribution >= 0.6 is 0 Å². The van der Waals surface area contributed by atoms with Crippen molar-refractivity contribution in [3.63, 3.8) is 0 Å². The Labute approximate surface area is 174 Å². The molecular weight excluding hydrogens is 352 g/mol. The lowest BCUT2D eigenvalue weighted by Crippen LogP contribution is -2.14. The maximum atomic E-state index is 12.0. The van der Waals surface area contributed by atoms with E-state index in [4.69, 9.17) is 4.74 Å². The van der Waals surface area contributed by atoms with Gasteiger partial charge in [0.05, 0.1) is 13.7 Å². The summed E-state index contributed by atoms with van der Waals surface area (Å²) in [5.41, 5.74) is 0. The Bertz CT molecular complexity index is 368. The third kappa shape index (κ3) is 18.3. The van der Waals surface area contributed by atoms with E-state index >= 15 is 0 Å². The van der Waals surface area contributed by atoms with Gasteiger partial charge in [-0.2, -0.15) is 0 Å². The van der Waals surface area contributed by atoms with Crippen LogP contribution in [0.15, 0.2) is 0 Å². The Morgan fingerprint density at radius 2 is 1.14 bits per heavy atom. The first-order chi connectivity index (χ1) is 13.6. The maximum Gasteiger partial charge on any atom is 0.305 e. The van der Waals surface area contributed by atoms with Gasteiger partial charge in [-0.3, -0.25) is 9.59 Å². The number of unbranched alkanes of at least 4 members (excludes halogenated alkanes) is 10. The fourth-order valence-corrected chi connectivity index (χ4v) is 3.47. The van der Waals surface area contributed by atoms with Crippen LogP contribution in [0.1, 0.15) is 123 Å². The van der Waals surface area contributed by atoms with E-state index in [1.54, 1.807) is 0 Å². The lowest BCUT2D eigenvalue weighted by Gasteiger charge is -2.16. The normalized spacial score (nSPS) is 12.0. The van der Waals surface area contributed by atoms with E-state index in [0.717, 1.165) is 38.5 Å². The first kappa shape index (κ1) is 26.9. The van der Waals surface area contributed by atoms with Gasteiger partial charge in [-0.15, -0.1) is 0 Å². The van der Waals surface area contributed by atoms with Crippen molar-refractivity contribution in [2.24, 2.45) is 5.92 Å². The Kier molecular flexibility index (Phi) is 19.9. The zero-order valence-corrected chi connectivity index (χ0v) is 18.9. The van der Waals surface area contributed by atoms with Crippen molar-refractivity contribution in [1.29, 1.82) is 0 Å². The molecule has 166 valence electrons. The van der Waals surface area contributed by atoms with Gasteiger partial charge in [-0.1, -0.05) is 84.5 Å². The van der Waals surface area contributed by atoms with E-state index in [-0.39, 0.29) is 11.9 Å². The van der Waals surface area contributed by atoms with Crippen LogP contribution in [0.2, 0.25) is 0 Å². The van der Waals surface area contributed by atoms with Gasteiger partial charge in [-0.25, -0.2) is 0 Å². The summed E-state index contributed by atoms with van der Waals surface area (Å²) in [7, 11) is 1.44. The minimum atomic E-state index is -0.114. The number of ether oxygens (including phenoxy) is 2. The Hall–Kier alpha value is -1.06. The molecule has 0 heterocycles. The number of carbonyl (C=O) groups excluding carboxylic acids is 2. The summed E-state index contributed by atoms with van der Waals surface area (Å²) in [4.78, 5) is 23.0. The molecule has 1 atom stereocenters. The molecule has 4 nitrogen and oxygen atoms in total. The highest BCUT2D eigenvalue weighted by Crippen LogP contribution is 2.18. The van der Waals surface area contributed by atoms with Crippen molar-refractivity contribution >= 4 is 11.9 Å². The Morgan fingerprint density at radius 1 is 0.643 bits per heavy atom. The van der Waals surface area contributed by atoms with Crippen molar-refractivity contribution in [2.75, 3.05) is 13.7 Å². The van der Waals surface area contributed by atoms with Crippen molar-refractivity contribution in [3.8, 4) is 0 Å². The Balaban J connectivity index is 3.64. The molecule has 0 amide bonds. The predicted octanol–water partition coefficient (Wildman–Crippen LogP) is 6.99. The molecule has 0 aliphatic heterocycles. The second-order valence-electron chi connectivity index (χ2n) is 8.09. The van der Waals surface area contributed by atoms with Gasteiger partial charge in [0.1, 0.15) is 0 Å². The number of rotatable bonds is 20. The van der Waals surface area contributed by atoms with E-state index in [9.17, 15) is 9.59 Å². The van der Waals surface area contributed by atoms with E-state index in [1.165, 1.54) is 64.9 Å². The van der Waals surface area contributed by atoms with E-state index in [2.05, 4.69) is 18.6 Å². The average Bonchev–Trinajstić information content (AvgIpc) is 2.70. The molecule has 4 heteroatoms. The smallest absolute Gasteiger partial charge is 0.305 e. The Morgan fingerprint density at radius 3 is 1.71 bits per heavy atom. The van der Waals surface area contributed by atoms with Crippen LogP contribution in [-0.2, 0) is 19.1 Å². The average molecular weight is 399 g/mol. The molecule has 0 rings (SSSR count). The molecule has 0 radical (unpaired) electrons. The first-order valence-electron chi connectivity index (χ1n) is 11.9. The molecule has 0 aliphatic rings. The SMILES string of the molecule is CCCCCCC(CCCC)COC(=O)CCCCCCCCCC(=O)OC. The van der Waals surface area contributed by atoms with Crippen LogP contribution in [0.25, 0.3) is 0 Å². The van der Waals surface area contributed by atoms with Crippen LogP contribution in [0, 0.1) is 5.92 Å². The lowest BCUT2D eigenvalue weighted by atomic mass is 9.96. The van der Waals surface area contributed by atoms with Crippen molar-refractivity contribution < 1.29 is 19.1 Å². The molecule has 0 aliphatic carbocycles. The zero-order valence-electron chi connectivity index (χ0n) is 18.9. The largest absolute Gasteiger partial charge is 0.469 e. The van der Waals surface area contributed by atoms with Crippen LogP contribution in [0.5, 0.6) is 0 Å². The number of methoxy groups -OCH3 is 1. The van der Waals surface area contributed by atoms with Crippen LogP contribution in [0.3, 0.4) is 0 Å². The van der Waals surface area contributed by atoms with Gasteiger partial charge < -0.3 is 9.47 Å². The quantitative estimate of drug-likeness (QED) is 0.164. The van der Waals surface area contributed by atoms with E-state index in [0.29, 0.717) is 25.4 Å². The van der Waals surface area contributed by atoms with E-state index < -0.39 is 0 Å². The van der Waals surface area contributed by atoms with E-state index in [1.807, 2.05) is 0 Å². The van der Waals surface area contributed by atoms with Gasteiger partial charge in [0.15, 0.2) is 0 Å². The third-order valence-electron chi connectivity index (χ3n) is 5.40. The monoisotopic (exact) mass is 398 g/mol. The summed E-state index contributed by atoms with van der Waals surface area (Å²) >= 11 is 0. The maximum absolute atomic E-state index is 12.0. The van der Waals surface area contributed by atoms with Gasteiger partial charge in [0, 0.05) is 12.8 Å². The zero-order chi connectivity index (χ0) is 20.9. The van der Waals surface area contributed by atoms with Crippen molar-refractivity contribution in [2.45, 2.75) is 123 Å². The van der Waals surface area contributed by atoms with Gasteiger partial charge in [0.2, 0.25) is 0 Å². The number of hydrogen-bond donors (Lipinski definition) is 0. The summed E-state index contributed by atoms with van der Waals surface area (Å²) in [6, 6.07) is 0. The summed E-state index contributed by atoms with van der Waals surface area (Å²) in [6.07, 6.45) is 18.5. The van der Waals surface area contributed by atoms with Gasteiger partial charge in [-0.05, 0) is 31.6 Å². The number of esters is 2. The van der Waals surface area contributed by atoms with Crippen molar-refractivity contribution in [1.82, 2.24) is 0 Å². The second kappa shape index (κ2) is 20.7. The third-order valence-corrected chi connectivity index (χ3v) is 5.40. The highest BCUT2D eigenvalue weighted by molar-refractivity contribution is 5.69. The molecular formula is C24H46O4.